The molecular formula is C13H17N3O. The van der Waals surface area contributed by atoms with E-state index in [4.69, 9.17) is 0 Å². The molecule has 0 aliphatic carbocycles. The molecule has 0 aromatic carbocycles. The zero-order valence-corrected chi connectivity index (χ0v) is 9.80. The van der Waals surface area contributed by atoms with E-state index in [2.05, 4.69) is 15.2 Å². The molecule has 90 valence electrons. The first-order chi connectivity index (χ1) is 8.31. The van der Waals surface area contributed by atoms with Crippen molar-refractivity contribution in [2.24, 2.45) is 5.92 Å². The fourth-order valence-electron chi connectivity index (χ4n) is 2.92. The Hall–Kier alpha value is -1.42. The van der Waals surface area contributed by atoms with Gasteiger partial charge in [0.2, 0.25) is 0 Å². The Labute approximate surface area is 101 Å². The number of nitrogens with zero attached hydrogens (tertiary/aromatic N) is 2. The third-order valence-corrected chi connectivity index (χ3v) is 3.70. The van der Waals surface area contributed by atoms with Crippen LogP contribution in [0.3, 0.4) is 0 Å². The summed E-state index contributed by atoms with van der Waals surface area (Å²) in [6.45, 7) is 3.41. The minimum Gasteiger partial charge on any atom is -0.347 e. The minimum atomic E-state index is -0.0434. The van der Waals surface area contributed by atoms with Crippen molar-refractivity contribution in [3.05, 3.63) is 30.1 Å². The van der Waals surface area contributed by atoms with E-state index in [1.54, 1.807) is 12.3 Å². The summed E-state index contributed by atoms with van der Waals surface area (Å²) in [6, 6.07) is 5.72. The molecule has 0 spiro atoms. The van der Waals surface area contributed by atoms with E-state index in [-0.39, 0.29) is 5.91 Å². The number of hydrogen-bond acceptors (Lipinski definition) is 3. The monoisotopic (exact) mass is 231 g/mol. The quantitative estimate of drug-likeness (QED) is 0.822. The van der Waals surface area contributed by atoms with Gasteiger partial charge in [-0.3, -0.25) is 9.78 Å². The summed E-state index contributed by atoms with van der Waals surface area (Å²) in [5, 5.41) is 3.09. The second kappa shape index (κ2) is 4.45. The van der Waals surface area contributed by atoms with E-state index in [1.165, 1.54) is 19.5 Å². The molecule has 0 radical (unpaired) electrons. The Morgan fingerprint density at radius 2 is 2.35 bits per heavy atom. The van der Waals surface area contributed by atoms with Crippen LogP contribution in [0, 0.1) is 5.92 Å². The van der Waals surface area contributed by atoms with Crippen LogP contribution in [0.2, 0.25) is 0 Å². The molecule has 1 amide bonds. The standard InChI is InChI=1S/C13H17N3O/c17-13(12-3-1-2-5-14-12)15-11-7-10-4-6-16(8-10)9-11/h1-3,5,10-11H,4,6-9H2,(H,15,17)/t10-,11+/m0/s1. The smallest absolute Gasteiger partial charge is 0.270 e. The third-order valence-electron chi connectivity index (χ3n) is 3.70. The topological polar surface area (TPSA) is 45.2 Å². The van der Waals surface area contributed by atoms with Gasteiger partial charge in [-0.25, -0.2) is 0 Å². The molecule has 1 aromatic heterocycles. The van der Waals surface area contributed by atoms with Crippen molar-refractivity contribution in [3.63, 3.8) is 0 Å². The fraction of sp³-hybridized carbons (Fsp3) is 0.538. The van der Waals surface area contributed by atoms with Crippen molar-refractivity contribution in [3.8, 4) is 0 Å². The predicted octanol–water partition coefficient (Wildman–Crippen LogP) is 0.906. The second-order valence-corrected chi connectivity index (χ2v) is 5.04. The van der Waals surface area contributed by atoms with Gasteiger partial charge in [-0.15, -0.1) is 0 Å². The predicted molar refractivity (Wildman–Crippen MR) is 64.7 cm³/mol. The number of rotatable bonds is 2. The molecule has 2 fully saturated rings. The highest BCUT2D eigenvalue weighted by Gasteiger charge is 2.32. The van der Waals surface area contributed by atoms with Crippen LogP contribution < -0.4 is 5.32 Å². The number of fused-ring (bicyclic) bond motifs is 2. The molecule has 2 saturated heterocycles. The van der Waals surface area contributed by atoms with Crippen LogP contribution in [0.1, 0.15) is 23.3 Å². The maximum atomic E-state index is 12.0. The van der Waals surface area contributed by atoms with Crippen LogP contribution in [0.15, 0.2) is 24.4 Å². The maximum Gasteiger partial charge on any atom is 0.270 e. The first-order valence-electron chi connectivity index (χ1n) is 6.25. The highest BCUT2D eigenvalue weighted by molar-refractivity contribution is 5.92. The van der Waals surface area contributed by atoms with E-state index >= 15 is 0 Å². The van der Waals surface area contributed by atoms with Crippen molar-refractivity contribution >= 4 is 5.91 Å². The Balaban J connectivity index is 1.62. The van der Waals surface area contributed by atoms with Gasteiger partial charge in [0.1, 0.15) is 5.69 Å². The van der Waals surface area contributed by atoms with Crippen LogP contribution in [-0.4, -0.2) is 41.5 Å². The SMILES string of the molecule is O=C(N[C@@H]1C[C@@H]2CCN(C2)C1)c1ccccn1. The lowest BCUT2D eigenvalue weighted by molar-refractivity contribution is 0.0904. The van der Waals surface area contributed by atoms with Crippen molar-refractivity contribution in [1.82, 2.24) is 15.2 Å². The van der Waals surface area contributed by atoms with E-state index in [0.29, 0.717) is 11.7 Å². The van der Waals surface area contributed by atoms with Gasteiger partial charge in [0.25, 0.3) is 5.91 Å². The number of carbonyl (C=O) groups excluding carboxylic acids is 1. The van der Waals surface area contributed by atoms with Crippen molar-refractivity contribution in [2.45, 2.75) is 18.9 Å². The van der Waals surface area contributed by atoms with E-state index in [1.807, 2.05) is 12.1 Å². The Kier molecular flexibility index (Phi) is 2.81. The summed E-state index contributed by atoms with van der Waals surface area (Å²) in [7, 11) is 0. The van der Waals surface area contributed by atoms with Crippen LogP contribution in [0.4, 0.5) is 0 Å². The number of nitrogens with one attached hydrogen (secondary N) is 1. The van der Waals surface area contributed by atoms with E-state index in [9.17, 15) is 4.79 Å². The van der Waals surface area contributed by atoms with Gasteiger partial charge >= 0.3 is 0 Å². The average Bonchev–Trinajstić information content (AvgIpc) is 2.70. The molecule has 3 rings (SSSR count). The van der Waals surface area contributed by atoms with Gasteiger partial charge in [0.15, 0.2) is 0 Å². The molecule has 3 atom stereocenters. The molecule has 2 aliphatic heterocycles. The normalized spacial score (nSPS) is 31.2. The summed E-state index contributed by atoms with van der Waals surface area (Å²) in [4.78, 5) is 18.5. The Morgan fingerprint density at radius 1 is 1.41 bits per heavy atom. The minimum absolute atomic E-state index is 0.0434. The third kappa shape index (κ3) is 2.31. The van der Waals surface area contributed by atoms with Gasteiger partial charge < -0.3 is 10.2 Å². The van der Waals surface area contributed by atoms with Crippen LogP contribution in [-0.2, 0) is 0 Å². The van der Waals surface area contributed by atoms with Crippen molar-refractivity contribution < 1.29 is 4.79 Å². The van der Waals surface area contributed by atoms with Crippen LogP contribution >= 0.6 is 0 Å². The van der Waals surface area contributed by atoms with E-state index < -0.39 is 0 Å². The Morgan fingerprint density at radius 3 is 3.12 bits per heavy atom. The van der Waals surface area contributed by atoms with E-state index in [0.717, 1.165) is 18.9 Å². The van der Waals surface area contributed by atoms with Crippen LogP contribution in [0.25, 0.3) is 0 Å². The molecular weight excluding hydrogens is 214 g/mol. The van der Waals surface area contributed by atoms with Gasteiger partial charge in [0, 0.05) is 25.3 Å². The lowest BCUT2D eigenvalue weighted by Gasteiger charge is -2.30. The molecule has 4 nitrogen and oxygen atoms in total. The first-order valence-corrected chi connectivity index (χ1v) is 6.25. The zero-order valence-electron chi connectivity index (χ0n) is 9.80. The fourth-order valence-corrected chi connectivity index (χ4v) is 2.92. The largest absolute Gasteiger partial charge is 0.347 e. The van der Waals surface area contributed by atoms with Crippen molar-refractivity contribution in [1.29, 1.82) is 0 Å². The molecule has 4 heteroatoms. The number of aromatic nitrogens is 1. The molecule has 0 saturated carbocycles. The molecule has 1 aromatic rings. The van der Waals surface area contributed by atoms with Gasteiger partial charge in [-0.05, 0) is 37.4 Å². The molecule has 1 unspecified atom stereocenters. The summed E-state index contributed by atoms with van der Waals surface area (Å²) >= 11 is 0. The number of amides is 1. The number of pyridine rings is 1. The zero-order chi connectivity index (χ0) is 11.7. The van der Waals surface area contributed by atoms with Crippen molar-refractivity contribution in [2.75, 3.05) is 19.6 Å². The molecule has 3 heterocycles. The number of carbonyl (C=O) groups is 1. The summed E-state index contributed by atoms with van der Waals surface area (Å²) in [5.41, 5.74) is 0.514. The Bertz CT molecular complexity index is 394. The second-order valence-electron chi connectivity index (χ2n) is 5.04. The average molecular weight is 231 g/mol. The maximum absolute atomic E-state index is 12.0. The first kappa shape index (κ1) is 10.7. The van der Waals surface area contributed by atoms with Gasteiger partial charge in [0.05, 0.1) is 0 Å². The van der Waals surface area contributed by atoms with Crippen LogP contribution in [0.5, 0.6) is 0 Å². The molecule has 17 heavy (non-hydrogen) atoms. The molecule has 2 bridgehead atoms. The molecule has 2 aliphatic rings. The molecule has 1 N–H and O–H groups in total. The lowest BCUT2D eigenvalue weighted by atomic mass is 9.97. The number of piperidine rings is 1. The summed E-state index contributed by atoms with van der Waals surface area (Å²) in [6.07, 6.45) is 4.06. The lowest BCUT2D eigenvalue weighted by Crippen LogP contribution is -2.47. The number of hydrogen-bond donors (Lipinski definition) is 1. The van der Waals surface area contributed by atoms with Gasteiger partial charge in [-0.2, -0.15) is 0 Å². The summed E-state index contributed by atoms with van der Waals surface area (Å²) in [5.74, 6) is 0.732. The van der Waals surface area contributed by atoms with Gasteiger partial charge in [-0.1, -0.05) is 6.07 Å². The highest BCUT2D eigenvalue weighted by Crippen LogP contribution is 2.26. The highest BCUT2D eigenvalue weighted by atomic mass is 16.1. The summed E-state index contributed by atoms with van der Waals surface area (Å²) < 4.78 is 0.